The van der Waals surface area contributed by atoms with Crippen molar-refractivity contribution in [2.75, 3.05) is 26.3 Å². The van der Waals surface area contributed by atoms with E-state index in [4.69, 9.17) is 4.74 Å². The molecule has 0 bridgehead atoms. The van der Waals surface area contributed by atoms with Crippen molar-refractivity contribution < 1.29 is 18.3 Å². The molecule has 0 radical (unpaired) electrons. The SMILES string of the molecule is O=S(=O)(C1CCOCC1)N1CCC(O)CC1. The van der Waals surface area contributed by atoms with Gasteiger partial charge in [-0.2, -0.15) is 0 Å². The molecular formula is C10H19NO4S. The Hall–Kier alpha value is -0.170. The van der Waals surface area contributed by atoms with Crippen LogP contribution in [-0.2, 0) is 14.8 Å². The molecule has 0 saturated carbocycles. The molecule has 2 fully saturated rings. The molecule has 0 atom stereocenters. The third-order valence-corrected chi connectivity index (χ3v) is 5.77. The number of hydrogen-bond donors (Lipinski definition) is 1. The van der Waals surface area contributed by atoms with Crippen LogP contribution in [0.2, 0.25) is 0 Å². The minimum atomic E-state index is -3.17. The number of ether oxygens (including phenoxy) is 1. The molecule has 2 saturated heterocycles. The van der Waals surface area contributed by atoms with Crippen LogP contribution in [0.15, 0.2) is 0 Å². The lowest BCUT2D eigenvalue weighted by Gasteiger charge is -2.33. The summed E-state index contributed by atoms with van der Waals surface area (Å²) in [6.07, 6.45) is 1.98. The first-order valence-corrected chi connectivity index (χ1v) is 7.36. The van der Waals surface area contributed by atoms with Crippen LogP contribution in [0.25, 0.3) is 0 Å². The molecule has 0 aliphatic carbocycles. The maximum atomic E-state index is 12.2. The fourth-order valence-electron chi connectivity index (χ4n) is 2.28. The van der Waals surface area contributed by atoms with Crippen LogP contribution in [-0.4, -0.2) is 55.5 Å². The van der Waals surface area contributed by atoms with Gasteiger partial charge in [0.15, 0.2) is 0 Å². The summed E-state index contributed by atoms with van der Waals surface area (Å²) in [4.78, 5) is 0. The van der Waals surface area contributed by atoms with Crippen LogP contribution in [0.3, 0.4) is 0 Å². The van der Waals surface area contributed by atoms with Gasteiger partial charge in [0.2, 0.25) is 10.0 Å². The summed E-state index contributed by atoms with van der Waals surface area (Å²) in [6, 6.07) is 0. The van der Waals surface area contributed by atoms with E-state index < -0.39 is 10.0 Å². The molecule has 0 aromatic rings. The molecule has 1 N–H and O–H groups in total. The van der Waals surface area contributed by atoms with Gasteiger partial charge in [0, 0.05) is 26.3 Å². The summed E-state index contributed by atoms with van der Waals surface area (Å²) in [5.41, 5.74) is 0. The molecule has 0 aromatic carbocycles. The van der Waals surface area contributed by atoms with Crippen molar-refractivity contribution >= 4 is 10.0 Å². The lowest BCUT2D eigenvalue weighted by molar-refractivity contribution is 0.0933. The molecule has 94 valence electrons. The molecule has 2 rings (SSSR count). The highest BCUT2D eigenvalue weighted by molar-refractivity contribution is 7.89. The van der Waals surface area contributed by atoms with Gasteiger partial charge in [-0.3, -0.25) is 0 Å². The predicted octanol–water partition coefficient (Wildman–Crippen LogP) is -0.0481. The van der Waals surface area contributed by atoms with Crippen molar-refractivity contribution in [1.29, 1.82) is 0 Å². The Bertz CT molecular complexity index is 316. The van der Waals surface area contributed by atoms with Gasteiger partial charge in [0.05, 0.1) is 11.4 Å². The summed E-state index contributed by atoms with van der Waals surface area (Å²) >= 11 is 0. The number of nitrogens with zero attached hydrogens (tertiary/aromatic N) is 1. The lowest BCUT2D eigenvalue weighted by Crippen LogP contribution is -2.46. The maximum Gasteiger partial charge on any atom is 0.217 e. The molecule has 0 unspecified atom stereocenters. The van der Waals surface area contributed by atoms with Crippen LogP contribution in [0.1, 0.15) is 25.7 Å². The third-order valence-electron chi connectivity index (χ3n) is 3.37. The maximum absolute atomic E-state index is 12.2. The van der Waals surface area contributed by atoms with E-state index in [2.05, 4.69) is 0 Å². The lowest BCUT2D eigenvalue weighted by atomic mass is 10.1. The quantitative estimate of drug-likeness (QED) is 0.745. The minimum absolute atomic E-state index is 0.281. The Morgan fingerprint density at radius 1 is 1.06 bits per heavy atom. The molecule has 2 aliphatic rings. The van der Waals surface area contributed by atoms with Gasteiger partial charge in [0.25, 0.3) is 0 Å². The average molecular weight is 249 g/mol. The normalized spacial score (nSPS) is 27.1. The highest BCUT2D eigenvalue weighted by atomic mass is 32.2. The third kappa shape index (κ3) is 2.56. The predicted molar refractivity (Wildman–Crippen MR) is 59.6 cm³/mol. The standard InChI is InChI=1S/C10H19NO4S/c12-9-1-5-11(6-2-9)16(13,14)10-3-7-15-8-4-10/h9-10,12H,1-8H2. The zero-order chi connectivity index (χ0) is 11.6. The van der Waals surface area contributed by atoms with Crippen LogP contribution in [0, 0.1) is 0 Å². The topological polar surface area (TPSA) is 66.8 Å². The van der Waals surface area contributed by atoms with Crippen LogP contribution >= 0.6 is 0 Å². The van der Waals surface area contributed by atoms with Crippen molar-refractivity contribution in [3.05, 3.63) is 0 Å². The summed E-state index contributed by atoms with van der Waals surface area (Å²) in [5, 5.41) is 9.08. The summed E-state index contributed by atoms with van der Waals surface area (Å²) in [6.45, 7) is 2.00. The van der Waals surface area contributed by atoms with Gasteiger partial charge < -0.3 is 9.84 Å². The second kappa shape index (κ2) is 5.00. The van der Waals surface area contributed by atoms with E-state index >= 15 is 0 Å². The minimum Gasteiger partial charge on any atom is -0.393 e. The van der Waals surface area contributed by atoms with Gasteiger partial charge >= 0.3 is 0 Å². The smallest absolute Gasteiger partial charge is 0.217 e. The van der Waals surface area contributed by atoms with Crippen molar-refractivity contribution in [2.45, 2.75) is 37.0 Å². The van der Waals surface area contributed by atoms with Crippen LogP contribution in [0.5, 0.6) is 0 Å². The van der Waals surface area contributed by atoms with Crippen molar-refractivity contribution in [3.8, 4) is 0 Å². The van der Waals surface area contributed by atoms with Gasteiger partial charge in [-0.25, -0.2) is 12.7 Å². The summed E-state index contributed by atoms with van der Waals surface area (Å²) < 4.78 is 31.2. The molecule has 6 heteroatoms. The molecular weight excluding hydrogens is 230 g/mol. The number of hydrogen-bond acceptors (Lipinski definition) is 4. The fourth-order valence-corrected chi connectivity index (χ4v) is 4.21. The Morgan fingerprint density at radius 3 is 2.19 bits per heavy atom. The number of piperidine rings is 1. The van der Waals surface area contributed by atoms with E-state index in [1.807, 2.05) is 0 Å². The van der Waals surface area contributed by atoms with Crippen LogP contribution in [0.4, 0.5) is 0 Å². The van der Waals surface area contributed by atoms with Crippen LogP contribution < -0.4 is 0 Å². The number of aliphatic hydroxyl groups is 1. The number of aliphatic hydroxyl groups excluding tert-OH is 1. The Morgan fingerprint density at radius 2 is 1.62 bits per heavy atom. The molecule has 2 heterocycles. The summed E-state index contributed by atoms with van der Waals surface area (Å²) in [7, 11) is -3.17. The highest BCUT2D eigenvalue weighted by Gasteiger charge is 2.35. The van der Waals surface area contributed by atoms with Gasteiger partial charge in [-0.1, -0.05) is 0 Å². The van der Waals surface area contributed by atoms with E-state index in [9.17, 15) is 13.5 Å². The molecule has 0 amide bonds. The van der Waals surface area contributed by atoms with Crippen molar-refractivity contribution in [3.63, 3.8) is 0 Å². The Kier molecular flexibility index (Phi) is 3.84. The van der Waals surface area contributed by atoms with Gasteiger partial charge in [-0.05, 0) is 25.7 Å². The first-order valence-electron chi connectivity index (χ1n) is 5.85. The number of rotatable bonds is 2. The first kappa shape index (κ1) is 12.3. The number of sulfonamides is 1. The Balaban J connectivity index is 2.00. The summed E-state index contributed by atoms with van der Waals surface area (Å²) in [5.74, 6) is 0. The van der Waals surface area contributed by atoms with Crippen molar-refractivity contribution in [1.82, 2.24) is 4.31 Å². The van der Waals surface area contributed by atoms with E-state index in [-0.39, 0.29) is 11.4 Å². The van der Waals surface area contributed by atoms with Gasteiger partial charge in [0.1, 0.15) is 0 Å². The fraction of sp³-hybridized carbons (Fsp3) is 1.00. The molecule has 0 spiro atoms. The first-order chi connectivity index (χ1) is 7.60. The van der Waals surface area contributed by atoms with E-state index in [0.717, 1.165) is 0 Å². The molecule has 0 aromatic heterocycles. The van der Waals surface area contributed by atoms with Crippen molar-refractivity contribution in [2.24, 2.45) is 0 Å². The van der Waals surface area contributed by atoms with Gasteiger partial charge in [-0.15, -0.1) is 0 Å². The van der Waals surface area contributed by atoms with E-state index in [0.29, 0.717) is 52.0 Å². The van der Waals surface area contributed by atoms with E-state index in [1.54, 1.807) is 0 Å². The average Bonchev–Trinajstić information content (AvgIpc) is 2.31. The zero-order valence-corrected chi connectivity index (χ0v) is 10.2. The molecule has 16 heavy (non-hydrogen) atoms. The Labute approximate surface area is 96.4 Å². The molecule has 5 nitrogen and oxygen atoms in total. The monoisotopic (exact) mass is 249 g/mol. The largest absolute Gasteiger partial charge is 0.393 e. The highest BCUT2D eigenvalue weighted by Crippen LogP contribution is 2.23. The zero-order valence-electron chi connectivity index (χ0n) is 9.34. The molecule has 2 aliphatic heterocycles. The second-order valence-corrected chi connectivity index (χ2v) is 6.70. The second-order valence-electron chi connectivity index (χ2n) is 4.49. The van der Waals surface area contributed by atoms with E-state index in [1.165, 1.54) is 4.31 Å².